The summed E-state index contributed by atoms with van der Waals surface area (Å²) in [5.41, 5.74) is 1.77. The molecule has 5 heteroatoms. The summed E-state index contributed by atoms with van der Waals surface area (Å²) in [4.78, 5) is 28.8. The molecule has 0 atom stereocenters. The van der Waals surface area contributed by atoms with Crippen LogP contribution in [0.4, 0.5) is 0 Å². The molecule has 0 spiro atoms. The predicted molar refractivity (Wildman–Crippen MR) is 89.9 cm³/mol. The SMILES string of the molecule is CC(C)NC(=O)c1ccc(-n2cnc3ccccc3c2=O)cc1. The number of amides is 1. The Labute approximate surface area is 133 Å². The Balaban J connectivity index is 1.98. The Morgan fingerprint density at radius 2 is 1.78 bits per heavy atom. The lowest BCUT2D eigenvalue weighted by molar-refractivity contribution is 0.0943. The number of fused-ring (bicyclic) bond motifs is 1. The van der Waals surface area contributed by atoms with E-state index in [9.17, 15) is 9.59 Å². The maximum absolute atomic E-state index is 12.5. The summed E-state index contributed by atoms with van der Waals surface area (Å²) in [6.45, 7) is 3.82. The van der Waals surface area contributed by atoms with Crippen LogP contribution in [0.2, 0.25) is 0 Å². The maximum Gasteiger partial charge on any atom is 0.265 e. The highest BCUT2D eigenvalue weighted by Crippen LogP contribution is 2.11. The molecule has 0 bridgehead atoms. The van der Waals surface area contributed by atoms with Gasteiger partial charge in [0.05, 0.1) is 16.6 Å². The van der Waals surface area contributed by atoms with Gasteiger partial charge in [0.2, 0.25) is 0 Å². The van der Waals surface area contributed by atoms with Gasteiger partial charge in [-0.1, -0.05) is 12.1 Å². The van der Waals surface area contributed by atoms with E-state index in [1.165, 1.54) is 10.9 Å². The van der Waals surface area contributed by atoms with Crippen LogP contribution in [0.25, 0.3) is 16.6 Å². The number of hydrogen-bond donors (Lipinski definition) is 1. The second kappa shape index (κ2) is 6.04. The fourth-order valence-electron chi connectivity index (χ4n) is 2.37. The molecule has 1 amide bonds. The minimum Gasteiger partial charge on any atom is -0.350 e. The van der Waals surface area contributed by atoms with Crippen LogP contribution in [0, 0.1) is 0 Å². The zero-order valence-electron chi connectivity index (χ0n) is 13.0. The van der Waals surface area contributed by atoms with Gasteiger partial charge >= 0.3 is 0 Å². The average molecular weight is 307 g/mol. The van der Waals surface area contributed by atoms with Crippen molar-refractivity contribution < 1.29 is 4.79 Å². The molecule has 0 aliphatic heterocycles. The third-order valence-corrected chi connectivity index (χ3v) is 3.49. The zero-order valence-corrected chi connectivity index (χ0v) is 13.0. The Hall–Kier alpha value is -2.95. The van der Waals surface area contributed by atoms with Crippen molar-refractivity contribution in [1.82, 2.24) is 14.9 Å². The first-order valence-corrected chi connectivity index (χ1v) is 7.44. The number of para-hydroxylation sites is 1. The van der Waals surface area contributed by atoms with Crippen molar-refractivity contribution in [3.05, 3.63) is 70.8 Å². The van der Waals surface area contributed by atoms with Crippen molar-refractivity contribution in [2.75, 3.05) is 0 Å². The number of hydrogen-bond acceptors (Lipinski definition) is 3. The molecule has 2 aromatic carbocycles. The number of benzene rings is 2. The highest BCUT2D eigenvalue weighted by molar-refractivity contribution is 5.94. The van der Waals surface area contributed by atoms with E-state index in [1.54, 1.807) is 36.4 Å². The number of aromatic nitrogens is 2. The maximum atomic E-state index is 12.5. The Kier molecular flexibility index (Phi) is 3.93. The van der Waals surface area contributed by atoms with Crippen LogP contribution in [0.5, 0.6) is 0 Å². The van der Waals surface area contributed by atoms with Gasteiger partial charge in [-0.3, -0.25) is 14.2 Å². The van der Waals surface area contributed by atoms with Crippen LogP contribution in [-0.4, -0.2) is 21.5 Å². The number of rotatable bonds is 3. The molecule has 116 valence electrons. The molecule has 23 heavy (non-hydrogen) atoms. The lowest BCUT2D eigenvalue weighted by atomic mass is 10.1. The van der Waals surface area contributed by atoms with E-state index in [2.05, 4.69) is 10.3 Å². The highest BCUT2D eigenvalue weighted by atomic mass is 16.1. The zero-order chi connectivity index (χ0) is 16.4. The molecular formula is C18H17N3O2. The van der Waals surface area contributed by atoms with Gasteiger partial charge < -0.3 is 5.32 Å². The minimum absolute atomic E-state index is 0.0782. The van der Waals surface area contributed by atoms with E-state index in [-0.39, 0.29) is 17.5 Å². The summed E-state index contributed by atoms with van der Waals surface area (Å²) in [6.07, 6.45) is 1.51. The van der Waals surface area contributed by atoms with Crippen molar-refractivity contribution in [2.24, 2.45) is 0 Å². The standard InChI is InChI=1S/C18H17N3O2/c1-12(2)20-17(22)13-7-9-14(10-8-13)21-11-19-16-6-4-3-5-15(16)18(21)23/h3-12H,1-2H3,(H,20,22). The normalized spacial score (nSPS) is 10.9. The molecule has 3 rings (SSSR count). The van der Waals surface area contributed by atoms with Crippen LogP contribution in [0.3, 0.4) is 0 Å². The van der Waals surface area contributed by atoms with Gasteiger partial charge in [-0.15, -0.1) is 0 Å². The van der Waals surface area contributed by atoms with E-state index in [1.807, 2.05) is 26.0 Å². The molecular weight excluding hydrogens is 290 g/mol. The molecule has 3 aromatic rings. The summed E-state index contributed by atoms with van der Waals surface area (Å²) in [7, 11) is 0. The second-order valence-corrected chi connectivity index (χ2v) is 5.61. The van der Waals surface area contributed by atoms with Gasteiger partial charge in [0.1, 0.15) is 6.33 Å². The van der Waals surface area contributed by atoms with Gasteiger partial charge in [0, 0.05) is 11.6 Å². The first kappa shape index (κ1) is 15.0. The minimum atomic E-state index is -0.130. The topological polar surface area (TPSA) is 64.0 Å². The van der Waals surface area contributed by atoms with Gasteiger partial charge in [-0.2, -0.15) is 0 Å². The van der Waals surface area contributed by atoms with Gasteiger partial charge in [0.25, 0.3) is 11.5 Å². The number of nitrogens with one attached hydrogen (secondary N) is 1. The summed E-state index contributed by atoms with van der Waals surface area (Å²) in [5, 5.41) is 3.40. The molecule has 0 saturated heterocycles. The van der Waals surface area contributed by atoms with Gasteiger partial charge in [-0.25, -0.2) is 4.98 Å². The van der Waals surface area contributed by atoms with E-state index in [0.29, 0.717) is 22.2 Å². The first-order chi connectivity index (χ1) is 11.1. The third kappa shape index (κ3) is 2.99. The fraction of sp³-hybridized carbons (Fsp3) is 0.167. The number of carbonyl (C=O) groups excluding carboxylic acids is 1. The first-order valence-electron chi connectivity index (χ1n) is 7.44. The molecule has 1 heterocycles. The van der Waals surface area contributed by atoms with Crippen LogP contribution in [0.15, 0.2) is 59.7 Å². The largest absolute Gasteiger partial charge is 0.350 e. The van der Waals surface area contributed by atoms with E-state index in [0.717, 1.165) is 0 Å². The van der Waals surface area contributed by atoms with Crippen molar-refractivity contribution in [2.45, 2.75) is 19.9 Å². The Morgan fingerprint density at radius 3 is 2.48 bits per heavy atom. The fourth-order valence-corrected chi connectivity index (χ4v) is 2.37. The molecule has 0 unspecified atom stereocenters. The van der Waals surface area contributed by atoms with Crippen LogP contribution in [-0.2, 0) is 0 Å². The predicted octanol–water partition coefficient (Wildman–Crippen LogP) is 2.52. The molecule has 1 N–H and O–H groups in total. The quantitative estimate of drug-likeness (QED) is 0.808. The van der Waals surface area contributed by atoms with Crippen molar-refractivity contribution in [3.8, 4) is 5.69 Å². The van der Waals surface area contributed by atoms with E-state index < -0.39 is 0 Å². The summed E-state index contributed by atoms with van der Waals surface area (Å²) in [5.74, 6) is -0.129. The Morgan fingerprint density at radius 1 is 1.09 bits per heavy atom. The van der Waals surface area contributed by atoms with Crippen LogP contribution in [0.1, 0.15) is 24.2 Å². The van der Waals surface area contributed by atoms with Crippen molar-refractivity contribution in [3.63, 3.8) is 0 Å². The lowest BCUT2D eigenvalue weighted by Gasteiger charge is -2.10. The third-order valence-electron chi connectivity index (χ3n) is 3.49. The Bertz CT molecular complexity index is 911. The summed E-state index contributed by atoms with van der Waals surface area (Å²) in [6, 6.07) is 14.2. The van der Waals surface area contributed by atoms with Gasteiger partial charge in [-0.05, 0) is 50.2 Å². The summed E-state index contributed by atoms with van der Waals surface area (Å²) < 4.78 is 1.48. The monoisotopic (exact) mass is 307 g/mol. The molecule has 0 radical (unpaired) electrons. The number of carbonyl (C=O) groups is 1. The van der Waals surface area contributed by atoms with Crippen LogP contribution >= 0.6 is 0 Å². The van der Waals surface area contributed by atoms with Crippen molar-refractivity contribution >= 4 is 16.8 Å². The molecule has 0 aliphatic rings. The second-order valence-electron chi connectivity index (χ2n) is 5.61. The van der Waals surface area contributed by atoms with E-state index in [4.69, 9.17) is 0 Å². The number of nitrogens with zero attached hydrogens (tertiary/aromatic N) is 2. The summed E-state index contributed by atoms with van der Waals surface area (Å²) >= 11 is 0. The smallest absolute Gasteiger partial charge is 0.265 e. The van der Waals surface area contributed by atoms with E-state index >= 15 is 0 Å². The lowest BCUT2D eigenvalue weighted by Crippen LogP contribution is -2.30. The van der Waals surface area contributed by atoms with Crippen molar-refractivity contribution in [1.29, 1.82) is 0 Å². The molecule has 0 saturated carbocycles. The molecule has 0 fully saturated rings. The van der Waals surface area contributed by atoms with Crippen LogP contribution < -0.4 is 10.9 Å². The highest BCUT2D eigenvalue weighted by Gasteiger charge is 2.09. The average Bonchev–Trinajstić information content (AvgIpc) is 2.55. The van der Waals surface area contributed by atoms with Gasteiger partial charge in [0.15, 0.2) is 0 Å². The molecule has 1 aromatic heterocycles. The molecule has 0 aliphatic carbocycles. The molecule has 5 nitrogen and oxygen atoms in total.